The maximum atomic E-state index is 5.30. The first-order valence-corrected chi connectivity index (χ1v) is 6.35. The van der Waals surface area contributed by atoms with Gasteiger partial charge in [-0.15, -0.1) is 0 Å². The zero-order valence-electron chi connectivity index (χ0n) is 11.7. The third-order valence-corrected chi connectivity index (χ3v) is 3.41. The van der Waals surface area contributed by atoms with Crippen molar-refractivity contribution in [3.05, 3.63) is 34.9 Å². The van der Waals surface area contributed by atoms with Crippen LogP contribution < -0.4 is 5.32 Å². The molecule has 1 aromatic rings. The van der Waals surface area contributed by atoms with Gasteiger partial charge in [0.15, 0.2) is 0 Å². The fraction of sp³-hybridized carbons (Fsp3) is 0.600. The summed E-state index contributed by atoms with van der Waals surface area (Å²) in [6.07, 6.45) is 2.52. The average Bonchev–Trinajstić information content (AvgIpc) is 2.31. The Labute approximate surface area is 105 Å². The molecule has 2 unspecified atom stereocenters. The van der Waals surface area contributed by atoms with Crippen LogP contribution in [0.15, 0.2) is 18.2 Å². The van der Waals surface area contributed by atoms with E-state index in [2.05, 4.69) is 44.3 Å². The van der Waals surface area contributed by atoms with Gasteiger partial charge in [0.2, 0.25) is 0 Å². The van der Waals surface area contributed by atoms with Crippen LogP contribution in [0.25, 0.3) is 0 Å². The summed E-state index contributed by atoms with van der Waals surface area (Å²) < 4.78 is 5.30. The molecular weight excluding hydrogens is 210 g/mol. The highest BCUT2D eigenvalue weighted by atomic mass is 16.5. The molecule has 1 aromatic carbocycles. The molecule has 1 rings (SSSR count). The van der Waals surface area contributed by atoms with E-state index in [9.17, 15) is 0 Å². The summed E-state index contributed by atoms with van der Waals surface area (Å²) >= 11 is 0. The minimum absolute atomic E-state index is 0.330. The van der Waals surface area contributed by atoms with Crippen LogP contribution in [0.4, 0.5) is 0 Å². The predicted molar refractivity (Wildman–Crippen MR) is 73.4 cm³/mol. The molecule has 1 N–H and O–H groups in total. The van der Waals surface area contributed by atoms with Gasteiger partial charge in [0.25, 0.3) is 0 Å². The average molecular weight is 235 g/mol. The molecule has 0 bridgehead atoms. The SMILES string of the molecule is CNC(CCC(C)OC)c1ccc(C)cc1C. The van der Waals surface area contributed by atoms with Crippen molar-refractivity contribution in [1.29, 1.82) is 0 Å². The Hall–Kier alpha value is -0.860. The van der Waals surface area contributed by atoms with E-state index in [1.807, 2.05) is 7.05 Å². The van der Waals surface area contributed by atoms with Crippen molar-refractivity contribution in [2.24, 2.45) is 0 Å². The molecule has 17 heavy (non-hydrogen) atoms. The van der Waals surface area contributed by atoms with Gasteiger partial charge in [-0.05, 0) is 51.8 Å². The van der Waals surface area contributed by atoms with Crippen LogP contribution in [0.3, 0.4) is 0 Å². The van der Waals surface area contributed by atoms with E-state index in [1.54, 1.807) is 7.11 Å². The summed E-state index contributed by atoms with van der Waals surface area (Å²) in [5, 5.41) is 3.40. The van der Waals surface area contributed by atoms with Crippen LogP contribution in [0, 0.1) is 13.8 Å². The number of benzene rings is 1. The summed E-state index contributed by atoms with van der Waals surface area (Å²) in [5.74, 6) is 0. The molecular formula is C15H25NO. The summed E-state index contributed by atoms with van der Waals surface area (Å²) in [6, 6.07) is 7.10. The van der Waals surface area contributed by atoms with Gasteiger partial charge in [-0.3, -0.25) is 0 Å². The lowest BCUT2D eigenvalue weighted by Crippen LogP contribution is -2.19. The topological polar surface area (TPSA) is 21.3 Å². The predicted octanol–water partition coefficient (Wildman–Crippen LogP) is 3.38. The van der Waals surface area contributed by atoms with E-state index in [0.717, 1.165) is 12.8 Å². The molecule has 96 valence electrons. The lowest BCUT2D eigenvalue weighted by atomic mass is 9.95. The van der Waals surface area contributed by atoms with Crippen LogP contribution in [-0.2, 0) is 4.74 Å². The van der Waals surface area contributed by atoms with Crippen molar-refractivity contribution in [3.63, 3.8) is 0 Å². The summed E-state index contributed by atoms with van der Waals surface area (Å²) in [5.41, 5.74) is 4.10. The standard InChI is InChI=1S/C15H25NO/c1-11-6-8-14(12(2)10-11)15(16-4)9-7-13(3)17-5/h6,8,10,13,15-16H,7,9H2,1-5H3. The lowest BCUT2D eigenvalue weighted by Gasteiger charge is -2.20. The first-order valence-electron chi connectivity index (χ1n) is 6.35. The largest absolute Gasteiger partial charge is 0.382 e. The number of methoxy groups -OCH3 is 1. The highest BCUT2D eigenvalue weighted by Gasteiger charge is 2.13. The number of aryl methyl sites for hydroxylation is 2. The minimum atomic E-state index is 0.330. The Morgan fingerprint density at radius 2 is 1.94 bits per heavy atom. The van der Waals surface area contributed by atoms with E-state index in [-0.39, 0.29) is 0 Å². The molecule has 0 aliphatic carbocycles. The molecule has 0 spiro atoms. The monoisotopic (exact) mass is 235 g/mol. The number of ether oxygens (including phenoxy) is 1. The molecule has 0 aliphatic rings. The Morgan fingerprint density at radius 3 is 2.47 bits per heavy atom. The number of rotatable bonds is 6. The maximum Gasteiger partial charge on any atom is 0.0543 e. The molecule has 2 heteroatoms. The van der Waals surface area contributed by atoms with Gasteiger partial charge in [-0.1, -0.05) is 23.8 Å². The first-order chi connectivity index (χ1) is 8.08. The second kappa shape index (κ2) is 6.77. The van der Waals surface area contributed by atoms with E-state index in [0.29, 0.717) is 12.1 Å². The second-order valence-electron chi connectivity index (χ2n) is 4.82. The molecule has 0 saturated carbocycles. The van der Waals surface area contributed by atoms with E-state index in [4.69, 9.17) is 4.74 Å². The quantitative estimate of drug-likeness (QED) is 0.816. The van der Waals surface area contributed by atoms with Crippen LogP contribution in [0.1, 0.15) is 42.5 Å². The summed E-state index contributed by atoms with van der Waals surface area (Å²) in [6.45, 7) is 6.44. The van der Waals surface area contributed by atoms with E-state index >= 15 is 0 Å². The van der Waals surface area contributed by atoms with Gasteiger partial charge >= 0.3 is 0 Å². The fourth-order valence-corrected chi connectivity index (χ4v) is 2.19. The fourth-order valence-electron chi connectivity index (χ4n) is 2.19. The maximum absolute atomic E-state index is 5.30. The molecule has 0 amide bonds. The van der Waals surface area contributed by atoms with Gasteiger partial charge in [0.05, 0.1) is 6.10 Å². The van der Waals surface area contributed by atoms with Crippen LogP contribution in [0.5, 0.6) is 0 Å². The summed E-state index contributed by atoms with van der Waals surface area (Å²) in [4.78, 5) is 0. The van der Waals surface area contributed by atoms with Gasteiger partial charge < -0.3 is 10.1 Å². The van der Waals surface area contributed by atoms with Crippen molar-refractivity contribution < 1.29 is 4.74 Å². The van der Waals surface area contributed by atoms with Crippen molar-refractivity contribution in [1.82, 2.24) is 5.32 Å². The highest BCUT2D eigenvalue weighted by Crippen LogP contribution is 2.23. The first kappa shape index (κ1) is 14.2. The van der Waals surface area contributed by atoms with Crippen molar-refractivity contribution in [2.75, 3.05) is 14.2 Å². The smallest absolute Gasteiger partial charge is 0.0543 e. The Balaban J connectivity index is 2.72. The second-order valence-corrected chi connectivity index (χ2v) is 4.82. The molecule has 0 radical (unpaired) electrons. The third-order valence-electron chi connectivity index (χ3n) is 3.41. The van der Waals surface area contributed by atoms with Gasteiger partial charge in [0, 0.05) is 13.2 Å². The molecule has 0 aliphatic heterocycles. The van der Waals surface area contributed by atoms with Crippen LogP contribution in [0.2, 0.25) is 0 Å². The molecule has 0 aromatic heterocycles. The van der Waals surface area contributed by atoms with Crippen molar-refractivity contribution >= 4 is 0 Å². The Kier molecular flexibility index (Phi) is 5.66. The number of hydrogen-bond acceptors (Lipinski definition) is 2. The molecule has 0 heterocycles. The van der Waals surface area contributed by atoms with Crippen molar-refractivity contribution in [2.45, 2.75) is 45.8 Å². The van der Waals surface area contributed by atoms with Crippen molar-refractivity contribution in [3.8, 4) is 0 Å². The molecule has 0 saturated heterocycles. The highest BCUT2D eigenvalue weighted by molar-refractivity contribution is 5.32. The third kappa shape index (κ3) is 4.14. The minimum Gasteiger partial charge on any atom is -0.382 e. The number of hydrogen-bond donors (Lipinski definition) is 1. The lowest BCUT2D eigenvalue weighted by molar-refractivity contribution is 0.106. The van der Waals surface area contributed by atoms with Crippen LogP contribution >= 0.6 is 0 Å². The van der Waals surface area contributed by atoms with Gasteiger partial charge in [0.1, 0.15) is 0 Å². The zero-order chi connectivity index (χ0) is 12.8. The van der Waals surface area contributed by atoms with Gasteiger partial charge in [-0.25, -0.2) is 0 Å². The number of nitrogens with one attached hydrogen (secondary N) is 1. The molecule has 2 nitrogen and oxygen atoms in total. The van der Waals surface area contributed by atoms with Crippen LogP contribution in [-0.4, -0.2) is 20.3 Å². The molecule has 0 fully saturated rings. The zero-order valence-corrected chi connectivity index (χ0v) is 11.7. The Bertz CT molecular complexity index is 349. The van der Waals surface area contributed by atoms with Gasteiger partial charge in [-0.2, -0.15) is 0 Å². The Morgan fingerprint density at radius 1 is 1.24 bits per heavy atom. The summed E-state index contributed by atoms with van der Waals surface area (Å²) in [7, 11) is 3.80. The van der Waals surface area contributed by atoms with E-state index < -0.39 is 0 Å². The normalized spacial score (nSPS) is 14.6. The van der Waals surface area contributed by atoms with E-state index in [1.165, 1.54) is 16.7 Å². The molecule has 2 atom stereocenters.